The molecule has 4 N–H and O–H groups in total. The second-order valence-corrected chi connectivity index (χ2v) is 15.0. The SMILES string of the molecule is C.C=C(C(=C)C1C(=C)C(C(C)(C)C)=C(O)C(C(C)(C)C)C1=C)C(=O)O.CC(C)(C)c1cc(O)c(C(C)(C)C)cc1O. The molecule has 0 heterocycles. The monoisotopic (exact) mass is 568 g/mol. The van der Waals surface area contributed by atoms with Crippen molar-refractivity contribution in [3.63, 3.8) is 0 Å². The Morgan fingerprint density at radius 3 is 1.37 bits per heavy atom. The molecule has 0 radical (unpaired) electrons. The van der Waals surface area contributed by atoms with Crippen LogP contribution in [0.25, 0.3) is 0 Å². The summed E-state index contributed by atoms with van der Waals surface area (Å²) in [6.07, 6.45) is 0. The van der Waals surface area contributed by atoms with E-state index in [9.17, 15) is 25.2 Å². The van der Waals surface area contributed by atoms with Gasteiger partial charge in [-0.25, -0.2) is 4.79 Å². The van der Waals surface area contributed by atoms with Gasteiger partial charge in [-0.1, -0.05) is 122 Å². The van der Waals surface area contributed by atoms with E-state index in [4.69, 9.17) is 0 Å². The molecule has 2 atom stereocenters. The molecule has 0 saturated heterocycles. The number of carbonyl (C=O) groups is 1. The molecular formula is C36H56O5. The second kappa shape index (κ2) is 12.3. The molecule has 0 aliphatic heterocycles. The van der Waals surface area contributed by atoms with Gasteiger partial charge in [-0.2, -0.15) is 0 Å². The fraction of sp³-hybridized carbons (Fsp3) is 0.528. The topological polar surface area (TPSA) is 98.0 Å². The van der Waals surface area contributed by atoms with Crippen LogP contribution in [-0.4, -0.2) is 26.4 Å². The lowest BCUT2D eigenvalue weighted by Crippen LogP contribution is -2.36. The molecule has 0 fully saturated rings. The molecule has 1 aromatic rings. The number of aliphatic hydroxyl groups is 1. The number of carboxylic acid groups (broad SMARTS) is 1. The molecular weight excluding hydrogens is 512 g/mol. The minimum Gasteiger partial charge on any atom is -0.511 e. The first kappa shape index (κ1) is 37.8. The van der Waals surface area contributed by atoms with Crippen LogP contribution in [0.15, 0.2) is 72.1 Å². The van der Waals surface area contributed by atoms with Crippen molar-refractivity contribution in [2.45, 2.75) is 101 Å². The highest BCUT2D eigenvalue weighted by Gasteiger charge is 2.45. The first-order valence-corrected chi connectivity index (χ1v) is 13.6. The van der Waals surface area contributed by atoms with E-state index >= 15 is 0 Å². The number of rotatable bonds is 3. The summed E-state index contributed by atoms with van der Waals surface area (Å²) in [4.78, 5) is 11.3. The number of phenolic OH excluding ortho intramolecular Hbond substituents is 2. The Labute approximate surface area is 249 Å². The van der Waals surface area contributed by atoms with E-state index in [-0.39, 0.29) is 57.8 Å². The minimum atomic E-state index is -1.11. The third kappa shape index (κ3) is 8.40. The third-order valence-corrected chi connectivity index (χ3v) is 7.28. The van der Waals surface area contributed by atoms with Crippen LogP contribution in [0.5, 0.6) is 11.5 Å². The van der Waals surface area contributed by atoms with E-state index in [0.29, 0.717) is 16.7 Å². The first-order chi connectivity index (χ1) is 17.7. The Balaban J connectivity index is 0.000000821. The number of hydrogen-bond acceptors (Lipinski definition) is 4. The van der Waals surface area contributed by atoms with Crippen LogP contribution >= 0.6 is 0 Å². The molecule has 0 saturated carbocycles. The smallest absolute Gasteiger partial charge is 0.335 e. The van der Waals surface area contributed by atoms with Crippen molar-refractivity contribution < 1.29 is 25.2 Å². The fourth-order valence-corrected chi connectivity index (χ4v) is 5.38. The number of aromatic hydroxyl groups is 2. The summed E-state index contributed by atoms with van der Waals surface area (Å²) in [5.41, 5.74) is 3.04. The number of aliphatic carboxylic acids is 1. The van der Waals surface area contributed by atoms with Crippen LogP contribution in [0, 0.1) is 22.7 Å². The zero-order chi connectivity index (χ0) is 31.9. The van der Waals surface area contributed by atoms with Crippen LogP contribution in [-0.2, 0) is 15.6 Å². The molecule has 1 aromatic carbocycles. The van der Waals surface area contributed by atoms with Crippen molar-refractivity contribution in [3.05, 3.63) is 83.2 Å². The van der Waals surface area contributed by atoms with Crippen LogP contribution in [0.3, 0.4) is 0 Å². The summed E-state index contributed by atoms with van der Waals surface area (Å²) in [6.45, 7) is 40.1. The molecule has 41 heavy (non-hydrogen) atoms. The van der Waals surface area contributed by atoms with Gasteiger partial charge < -0.3 is 20.4 Å². The zero-order valence-electron chi connectivity index (χ0n) is 26.8. The number of hydrogen-bond donors (Lipinski definition) is 4. The number of benzene rings is 1. The summed E-state index contributed by atoms with van der Waals surface area (Å²) in [6, 6.07) is 3.35. The lowest BCUT2D eigenvalue weighted by Gasteiger charge is -2.45. The summed E-state index contributed by atoms with van der Waals surface area (Å²) < 4.78 is 0. The molecule has 0 aromatic heterocycles. The van der Waals surface area contributed by atoms with Gasteiger partial charge >= 0.3 is 5.97 Å². The maximum Gasteiger partial charge on any atom is 0.335 e. The van der Waals surface area contributed by atoms with Crippen molar-refractivity contribution >= 4 is 5.97 Å². The lowest BCUT2D eigenvalue weighted by atomic mass is 9.60. The van der Waals surface area contributed by atoms with Gasteiger partial charge in [-0.15, -0.1) is 0 Å². The van der Waals surface area contributed by atoms with Crippen molar-refractivity contribution in [2.75, 3.05) is 0 Å². The quantitative estimate of drug-likeness (QED) is 0.126. The summed E-state index contributed by atoms with van der Waals surface area (Å²) in [5.74, 6) is -1.06. The van der Waals surface area contributed by atoms with E-state index in [0.717, 1.165) is 16.7 Å². The van der Waals surface area contributed by atoms with E-state index in [2.05, 4.69) is 26.3 Å². The average Bonchev–Trinajstić information content (AvgIpc) is 2.70. The van der Waals surface area contributed by atoms with Gasteiger partial charge in [0.15, 0.2) is 0 Å². The zero-order valence-corrected chi connectivity index (χ0v) is 26.8. The van der Waals surface area contributed by atoms with Crippen molar-refractivity contribution in [1.82, 2.24) is 0 Å². The highest BCUT2D eigenvalue weighted by Crippen LogP contribution is 2.53. The molecule has 5 heteroatoms. The molecule has 5 nitrogen and oxygen atoms in total. The predicted molar refractivity (Wildman–Crippen MR) is 174 cm³/mol. The predicted octanol–water partition coefficient (Wildman–Crippen LogP) is 9.77. The van der Waals surface area contributed by atoms with Crippen LogP contribution in [0.1, 0.15) is 102 Å². The van der Waals surface area contributed by atoms with Gasteiger partial charge in [0.05, 0.1) is 5.57 Å². The summed E-state index contributed by atoms with van der Waals surface area (Å²) in [5, 5.41) is 40.3. The van der Waals surface area contributed by atoms with Gasteiger partial charge in [0.25, 0.3) is 0 Å². The summed E-state index contributed by atoms with van der Waals surface area (Å²) in [7, 11) is 0. The van der Waals surface area contributed by atoms with Crippen LogP contribution < -0.4 is 0 Å². The maximum absolute atomic E-state index is 11.3. The minimum absolute atomic E-state index is 0. The van der Waals surface area contributed by atoms with Gasteiger partial charge in [0, 0.05) is 23.0 Å². The Bertz CT molecular complexity index is 1210. The third-order valence-electron chi connectivity index (χ3n) is 7.28. The van der Waals surface area contributed by atoms with Crippen LogP contribution in [0.2, 0.25) is 0 Å². The summed E-state index contributed by atoms with van der Waals surface area (Å²) >= 11 is 0. The normalized spacial score (nSPS) is 18.2. The molecule has 230 valence electrons. The van der Waals surface area contributed by atoms with Crippen molar-refractivity contribution in [2.24, 2.45) is 22.7 Å². The maximum atomic E-state index is 11.3. The Hall–Kier alpha value is -3.21. The van der Waals surface area contributed by atoms with E-state index in [1.807, 2.05) is 83.1 Å². The molecule has 2 unspecified atom stereocenters. The second-order valence-electron chi connectivity index (χ2n) is 15.0. The molecule has 0 spiro atoms. The number of aliphatic hydroxyl groups excluding tert-OH is 1. The van der Waals surface area contributed by atoms with Crippen LogP contribution in [0.4, 0.5) is 0 Å². The Kier molecular flexibility index (Phi) is 11.4. The highest BCUT2D eigenvalue weighted by molar-refractivity contribution is 5.91. The Morgan fingerprint density at radius 2 is 1.10 bits per heavy atom. The lowest BCUT2D eigenvalue weighted by molar-refractivity contribution is -0.132. The van der Waals surface area contributed by atoms with Gasteiger partial charge in [0.2, 0.25) is 0 Å². The van der Waals surface area contributed by atoms with Gasteiger partial charge in [0.1, 0.15) is 17.3 Å². The van der Waals surface area contributed by atoms with Gasteiger partial charge in [-0.05, 0) is 50.5 Å². The first-order valence-electron chi connectivity index (χ1n) is 13.6. The number of allylic oxidation sites excluding steroid dienone is 3. The number of phenols is 2. The molecule has 1 aliphatic carbocycles. The average molecular weight is 569 g/mol. The van der Waals surface area contributed by atoms with E-state index < -0.39 is 11.9 Å². The van der Waals surface area contributed by atoms with Gasteiger partial charge in [-0.3, -0.25) is 0 Å². The molecule has 1 aliphatic rings. The van der Waals surface area contributed by atoms with Crippen molar-refractivity contribution in [1.29, 1.82) is 0 Å². The van der Waals surface area contributed by atoms with Crippen molar-refractivity contribution in [3.8, 4) is 11.5 Å². The molecule has 0 amide bonds. The van der Waals surface area contributed by atoms with E-state index in [1.165, 1.54) is 0 Å². The standard InChI is InChI=1S/C21H30O3.C14H22O2.CH4/c1-11(12(2)19(23)24)15-13(3)16(20(5,6)7)18(22)17(14(15)4)21(8,9)10;1-13(2,3)9-7-12(16)10(8-11(9)15)14(4,5)6;/h15-16,22H,1-4H2,5-10H3,(H,23,24);7-8,15-16H,1-6H3;1H4. The molecule has 2 rings (SSSR count). The Morgan fingerprint density at radius 1 is 0.732 bits per heavy atom. The van der Waals surface area contributed by atoms with E-state index in [1.54, 1.807) is 12.1 Å². The molecule has 0 bridgehead atoms. The fourth-order valence-electron chi connectivity index (χ4n) is 5.38. The largest absolute Gasteiger partial charge is 0.511 e. The highest BCUT2D eigenvalue weighted by atomic mass is 16.4. The number of carboxylic acids is 1.